The molecule has 1 fully saturated rings. The van der Waals surface area contributed by atoms with Crippen LogP contribution in [-0.2, 0) is 17.6 Å². The van der Waals surface area contributed by atoms with Crippen molar-refractivity contribution in [3.05, 3.63) is 32.8 Å². The van der Waals surface area contributed by atoms with Crippen molar-refractivity contribution in [2.24, 2.45) is 17.1 Å². The number of fused-ring (bicyclic) bond motifs is 1. The highest BCUT2D eigenvalue weighted by atomic mass is 35.5. The number of amides is 1. The summed E-state index contributed by atoms with van der Waals surface area (Å²) in [5.41, 5.74) is 6.94. The molecule has 3 rings (SSSR count). The lowest BCUT2D eigenvalue weighted by atomic mass is 9.73. The van der Waals surface area contributed by atoms with Crippen LogP contribution in [0.4, 0.5) is 0 Å². The summed E-state index contributed by atoms with van der Waals surface area (Å²) in [7, 11) is 0. The molecule has 0 aliphatic heterocycles. The van der Waals surface area contributed by atoms with Crippen molar-refractivity contribution in [3.8, 4) is 0 Å². The normalized spacial score (nSPS) is 24.8. The number of ketones is 1. The molecule has 0 bridgehead atoms. The maximum atomic E-state index is 13.0. The van der Waals surface area contributed by atoms with Crippen molar-refractivity contribution < 1.29 is 9.59 Å². The summed E-state index contributed by atoms with van der Waals surface area (Å²) in [5.74, 6) is 0.0505. The van der Waals surface area contributed by atoms with E-state index in [0.29, 0.717) is 23.5 Å². The number of Topliss-reactive ketones (excluding diaryl/α,β-unsaturated/α-hetero) is 1. The van der Waals surface area contributed by atoms with E-state index in [9.17, 15) is 9.59 Å². The van der Waals surface area contributed by atoms with Crippen LogP contribution in [0.25, 0.3) is 0 Å². The van der Waals surface area contributed by atoms with Crippen molar-refractivity contribution in [1.29, 1.82) is 0 Å². The number of halogens is 2. The molecule has 3 nitrogen and oxygen atoms in total. The quantitative estimate of drug-likeness (QED) is 0.905. The second kappa shape index (κ2) is 5.54. The Balaban J connectivity index is 2.05. The van der Waals surface area contributed by atoms with Crippen LogP contribution in [0, 0.1) is 11.3 Å². The maximum absolute atomic E-state index is 13.0. The molecule has 1 aromatic rings. The number of hydrogen-bond acceptors (Lipinski definition) is 2. The number of hydrogen-bond donors (Lipinski definition) is 1. The average Bonchev–Trinajstić information content (AvgIpc) is 3.05. The highest BCUT2D eigenvalue weighted by Crippen LogP contribution is 2.51. The van der Waals surface area contributed by atoms with Crippen molar-refractivity contribution in [2.75, 3.05) is 0 Å². The summed E-state index contributed by atoms with van der Waals surface area (Å²) < 4.78 is 0. The summed E-state index contributed by atoms with van der Waals surface area (Å²) in [4.78, 5) is 24.2. The van der Waals surface area contributed by atoms with E-state index in [-0.39, 0.29) is 22.2 Å². The molecule has 0 radical (unpaired) electrons. The van der Waals surface area contributed by atoms with Gasteiger partial charge < -0.3 is 5.73 Å². The van der Waals surface area contributed by atoms with E-state index in [1.807, 2.05) is 13.0 Å². The summed E-state index contributed by atoms with van der Waals surface area (Å²) in [6.07, 6.45) is 5.27. The second-order valence-electron chi connectivity index (χ2n) is 6.75. The van der Waals surface area contributed by atoms with Gasteiger partial charge in [0, 0.05) is 11.0 Å². The Labute approximate surface area is 140 Å². The molecule has 1 amide bonds. The first-order valence-corrected chi connectivity index (χ1v) is 8.43. The number of carbonyl (C=O) groups excluding carboxylic acids is 2. The van der Waals surface area contributed by atoms with Gasteiger partial charge in [0.1, 0.15) is 0 Å². The minimum atomic E-state index is -0.458. The molecule has 1 aromatic carbocycles. The summed E-state index contributed by atoms with van der Waals surface area (Å²) >= 11 is 12.6. The van der Waals surface area contributed by atoms with Crippen LogP contribution in [0.2, 0.25) is 10.0 Å². The van der Waals surface area contributed by atoms with Gasteiger partial charge in [-0.3, -0.25) is 9.59 Å². The number of primary amides is 1. The van der Waals surface area contributed by atoms with Gasteiger partial charge in [0.05, 0.1) is 16.5 Å². The van der Waals surface area contributed by atoms with Crippen LogP contribution < -0.4 is 5.73 Å². The van der Waals surface area contributed by atoms with Gasteiger partial charge >= 0.3 is 0 Å². The summed E-state index contributed by atoms with van der Waals surface area (Å²) in [5, 5.41) is 0.561. The first kappa shape index (κ1) is 15.8. The SMILES string of the molecule is C[C@]1(C2CCCC2)Cc2cc(CC(N)=O)c(Cl)c(Cl)c2C1=O. The molecule has 1 saturated carbocycles. The highest BCUT2D eigenvalue weighted by molar-refractivity contribution is 6.45. The fourth-order valence-corrected chi connectivity index (χ4v) is 4.64. The lowest BCUT2D eigenvalue weighted by Gasteiger charge is -2.29. The van der Waals surface area contributed by atoms with Gasteiger partial charge in [0.15, 0.2) is 5.78 Å². The minimum Gasteiger partial charge on any atom is -0.369 e. The molecule has 2 aliphatic rings. The molecule has 0 unspecified atom stereocenters. The van der Waals surface area contributed by atoms with Crippen LogP contribution in [-0.4, -0.2) is 11.7 Å². The van der Waals surface area contributed by atoms with E-state index in [4.69, 9.17) is 28.9 Å². The molecular weight excluding hydrogens is 321 g/mol. The molecule has 2 N–H and O–H groups in total. The van der Waals surface area contributed by atoms with E-state index < -0.39 is 11.3 Å². The molecular formula is C17H19Cl2NO2. The summed E-state index contributed by atoms with van der Waals surface area (Å²) in [6, 6.07) is 1.84. The fourth-order valence-electron chi connectivity index (χ4n) is 4.09. The van der Waals surface area contributed by atoms with E-state index in [0.717, 1.165) is 18.4 Å². The Hall–Kier alpha value is -1.06. The molecule has 22 heavy (non-hydrogen) atoms. The van der Waals surface area contributed by atoms with Crippen molar-refractivity contribution >= 4 is 34.9 Å². The van der Waals surface area contributed by atoms with Crippen LogP contribution >= 0.6 is 23.2 Å². The zero-order chi connectivity index (χ0) is 16.1. The first-order valence-electron chi connectivity index (χ1n) is 7.67. The van der Waals surface area contributed by atoms with Crippen molar-refractivity contribution in [1.82, 2.24) is 0 Å². The van der Waals surface area contributed by atoms with Gasteiger partial charge in [0.25, 0.3) is 0 Å². The van der Waals surface area contributed by atoms with E-state index >= 15 is 0 Å². The van der Waals surface area contributed by atoms with Gasteiger partial charge in [-0.1, -0.05) is 49.0 Å². The molecule has 2 aliphatic carbocycles. The van der Waals surface area contributed by atoms with Crippen LogP contribution in [0.15, 0.2) is 6.07 Å². The van der Waals surface area contributed by atoms with Gasteiger partial charge in [-0.2, -0.15) is 0 Å². The largest absolute Gasteiger partial charge is 0.369 e. The molecule has 0 saturated heterocycles. The molecule has 0 aromatic heterocycles. The van der Waals surface area contributed by atoms with Gasteiger partial charge in [-0.05, 0) is 36.3 Å². The maximum Gasteiger partial charge on any atom is 0.221 e. The van der Waals surface area contributed by atoms with Crippen LogP contribution in [0.5, 0.6) is 0 Å². The third kappa shape index (κ3) is 2.35. The smallest absolute Gasteiger partial charge is 0.221 e. The fraction of sp³-hybridized carbons (Fsp3) is 0.529. The zero-order valence-corrected chi connectivity index (χ0v) is 14.1. The molecule has 5 heteroatoms. The monoisotopic (exact) mass is 339 g/mol. The van der Waals surface area contributed by atoms with Crippen molar-refractivity contribution in [2.45, 2.75) is 45.4 Å². The third-order valence-electron chi connectivity index (χ3n) is 5.29. The number of rotatable bonds is 3. The topological polar surface area (TPSA) is 60.2 Å². The van der Waals surface area contributed by atoms with Crippen LogP contribution in [0.3, 0.4) is 0 Å². The number of benzene rings is 1. The predicted octanol–water partition coefficient (Wildman–Crippen LogP) is 3.96. The highest BCUT2D eigenvalue weighted by Gasteiger charge is 2.49. The van der Waals surface area contributed by atoms with Gasteiger partial charge in [-0.25, -0.2) is 0 Å². The second-order valence-corrected chi connectivity index (χ2v) is 7.50. The van der Waals surface area contributed by atoms with Gasteiger partial charge in [-0.15, -0.1) is 0 Å². The Kier molecular flexibility index (Phi) is 3.98. The number of carbonyl (C=O) groups is 2. The Bertz CT molecular complexity index is 665. The standard InChI is InChI=1S/C17H19Cl2NO2/c1-17(11-4-2-3-5-11)8-10-6-9(7-12(20)21)14(18)15(19)13(10)16(17)22/h6,11H,2-5,7-8H2,1H3,(H2,20,21)/t17-/m1/s1. The van der Waals surface area contributed by atoms with E-state index in [2.05, 4.69) is 0 Å². The Morgan fingerprint density at radius 1 is 1.32 bits per heavy atom. The van der Waals surface area contributed by atoms with Gasteiger partial charge in [0.2, 0.25) is 5.91 Å². The van der Waals surface area contributed by atoms with E-state index in [1.54, 1.807) is 0 Å². The Morgan fingerprint density at radius 2 is 1.95 bits per heavy atom. The predicted molar refractivity (Wildman–Crippen MR) is 87.5 cm³/mol. The molecule has 0 spiro atoms. The van der Waals surface area contributed by atoms with Crippen LogP contribution in [0.1, 0.15) is 54.1 Å². The van der Waals surface area contributed by atoms with E-state index in [1.165, 1.54) is 12.8 Å². The first-order chi connectivity index (χ1) is 10.3. The zero-order valence-electron chi connectivity index (χ0n) is 12.5. The number of nitrogens with two attached hydrogens (primary N) is 1. The average molecular weight is 340 g/mol. The minimum absolute atomic E-state index is 0.0418. The Morgan fingerprint density at radius 3 is 2.55 bits per heavy atom. The molecule has 1 atom stereocenters. The van der Waals surface area contributed by atoms with Crippen molar-refractivity contribution in [3.63, 3.8) is 0 Å². The lowest BCUT2D eigenvalue weighted by Crippen LogP contribution is -2.32. The lowest BCUT2D eigenvalue weighted by molar-refractivity contribution is -0.117. The molecule has 118 valence electrons. The molecule has 0 heterocycles. The third-order valence-corrected chi connectivity index (χ3v) is 6.19. The summed E-state index contributed by atoms with van der Waals surface area (Å²) in [6.45, 7) is 2.04.